The molecule has 0 amide bonds. The Balaban J connectivity index is 2.39. The number of carboxylic acid groups (broad SMARTS) is 1. The van der Waals surface area contributed by atoms with E-state index < -0.39 is 18.2 Å². The molecule has 0 aromatic carbocycles. The number of nitrogens with zero attached hydrogens (tertiary/aromatic N) is 1. The van der Waals surface area contributed by atoms with Gasteiger partial charge >= 0.3 is 5.97 Å². The van der Waals surface area contributed by atoms with Crippen LogP contribution in [0.5, 0.6) is 0 Å². The van der Waals surface area contributed by atoms with Crippen LogP contribution in [0.3, 0.4) is 0 Å². The molecule has 0 spiro atoms. The Morgan fingerprint density at radius 3 is 2.54 bits per heavy atom. The van der Waals surface area contributed by atoms with Gasteiger partial charge in [0.25, 0.3) is 0 Å². The maximum Gasteiger partial charge on any atom is 0.303 e. The summed E-state index contributed by atoms with van der Waals surface area (Å²) in [7, 11) is 0. The summed E-state index contributed by atoms with van der Waals surface area (Å²) in [5.74, 6) is -0.860. The van der Waals surface area contributed by atoms with Gasteiger partial charge in [-0.15, -0.1) is 0 Å². The van der Waals surface area contributed by atoms with Crippen molar-refractivity contribution in [3.63, 3.8) is 0 Å². The molecule has 0 bridgehead atoms. The molecule has 0 fully saturated rings. The van der Waals surface area contributed by atoms with Gasteiger partial charge in [0.15, 0.2) is 0 Å². The molecule has 0 aliphatic carbocycles. The van der Waals surface area contributed by atoms with Gasteiger partial charge in [-0.3, -0.25) is 9.78 Å². The highest BCUT2D eigenvalue weighted by Gasteiger charge is 2.10. The minimum Gasteiger partial charge on any atom is -0.481 e. The number of aliphatic hydroxyl groups excluding tert-OH is 2. The molecular weight excluding hydrogens is 330 g/mol. The molecule has 26 heavy (non-hydrogen) atoms. The molecule has 0 saturated heterocycles. The average molecular weight is 363 g/mol. The fourth-order valence-electron chi connectivity index (χ4n) is 2.78. The zero-order valence-electron chi connectivity index (χ0n) is 15.8. The van der Waals surface area contributed by atoms with Crippen LogP contribution in [-0.2, 0) is 4.79 Å². The molecule has 5 heteroatoms. The molecule has 3 N–H and O–H groups in total. The Labute approximate surface area is 156 Å². The smallest absolute Gasteiger partial charge is 0.303 e. The SMILES string of the molecule is CCCCCCCCC(O)/C=C/c1cccc([C@@H](O)CCCC(=O)O)n1. The quantitative estimate of drug-likeness (QED) is 0.424. The molecule has 2 atom stereocenters. The summed E-state index contributed by atoms with van der Waals surface area (Å²) in [4.78, 5) is 14.9. The predicted molar refractivity (Wildman–Crippen MR) is 104 cm³/mol. The third-order valence-corrected chi connectivity index (χ3v) is 4.34. The van der Waals surface area contributed by atoms with Crippen molar-refractivity contribution in [1.29, 1.82) is 0 Å². The number of carboxylic acids is 1. The maximum absolute atomic E-state index is 10.5. The van der Waals surface area contributed by atoms with Gasteiger partial charge in [-0.2, -0.15) is 0 Å². The molecule has 1 aromatic heterocycles. The van der Waals surface area contributed by atoms with Crippen LogP contribution in [0.2, 0.25) is 0 Å². The first kappa shape index (κ1) is 22.3. The number of aliphatic carboxylic acids is 1. The summed E-state index contributed by atoms with van der Waals surface area (Å²) < 4.78 is 0. The summed E-state index contributed by atoms with van der Waals surface area (Å²) in [6.45, 7) is 2.20. The molecule has 146 valence electrons. The van der Waals surface area contributed by atoms with Gasteiger partial charge in [-0.1, -0.05) is 57.6 Å². The van der Waals surface area contributed by atoms with Crippen LogP contribution in [0.4, 0.5) is 0 Å². The summed E-state index contributed by atoms with van der Waals surface area (Å²) in [6.07, 6.45) is 11.0. The van der Waals surface area contributed by atoms with E-state index in [2.05, 4.69) is 11.9 Å². The van der Waals surface area contributed by atoms with Crippen LogP contribution in [-0.4, -0.2) is 32.4 Å². The number of carbonyl (C=O) groups is 1. The van der Waals surface area contributed by atoms with E-state index in [1.165, 1.54) is 25.7 Å². The molecule has 1 rings (SSSR count). The number of aromatic nitrogens is 1. The minimum atomic E-state index is -0.860. The van der Waals surface area contributed by atoms with Crippen LogP contribution >= 0.6 is 0 Å². The van der Waals surface area contributed by atoms with Crippen molar-refractivity contribution in [1.82, 2.24) is 4.98 Å². The van der Waals surface area contributed by atoms with Crippen LogP contribution in [0.15, 0.2) is 24.3 Å². The van der Waals surface area contributed by atoms with Crippen LogP contribution < -0.4 is 0 Å². The van der Waals surface area contributed by atoms with Gasteiger partial charge in [-0.25, -0.2) is 0 Å². The lowest BCUT2D eigenvalue weighted by Crippen LogP contribution is -2.04. The zero-order chi connectivity index (χ0) is 19.2. The monoisotopic (exact) mass is 363 g/mol. The second-order valence-corrected chi connectivity index (χ2v) is 6.77. The Bertz CT molecular complexity index is 545. The molecule has 1 unspecified atom stereocenters. The van der Waals surface area contributed by atoms with E-state index in [4.69, 9.17) is 5.11 Å². The number of aliphatic hydroxyl groups is 2. The lowest BCUT2D eigenvalue weighted by atomic mass is 10.1. The number of hydrogen-bond donors (Lipinski definition) is 3. The van der Waals surface area contributed by atoms with Crippen molar-refractivity contribution >= 4 is 12.0 Å². The van der Waals surface area contributed by atoms with Gasteiger partial charge < -0.3 is 15.3 Å². The molecule has 0 aliphatic rings. The van der Waals surface area contributed by atoms with Crippen molar-refractivity contribution in [3.8, 4) is 0 Å². The largest absolute Gasteiger partial charge is 0.481 e. The number of rotatable bonds is 14. The normalized spacial score (nSPS) is 13.8. The van der Waals surface area contributed by atoms with Gasteiger partial charge in [-0.05, 0) is 37.5 Å². The lowest BCUT2D eigenvalue weighted by Gasteiger charge is -2.10. The Morgan fingerprint density at radius 2 is 1.81 bits per heavy atom. The second kappa shape index (κ2) is 13.5. The maximum atomic E-state index is 10.5. The third-order valence-electron chi connectivity index (χ3n) is 4.34. The first-order valence-corrected chi connectivity index (χ1v) is 9.76. The van der Waals surface area contributed by atoms with E-state index in [1.54, 1.807) is 18.2 Å². The van der Waals surface area contributed by atoms with Crippen molar-refractivity contribution < 1.29 is 20.1 Å². The highest BCUT2D eigenvalue weighted by atomic mass is 16.4. The van der Waals surface area contributed by atoms with E-state index in [9.17, 15) is 15.0 Å². The summed E-state index contributed by atoms with van der Waals surface area (Å²) in [5, 5.41) is 28.8. The predicted octanol–water partition coefficient (Wildman–Crippen LogP) is 4.49. The van der Waals surface area contributed by atoms with E-state index in [0.29, 0.717) is 24.2 Å². The molecule has 0 saturated carbocycles. The molecule has 5 nitrogen and oxygen atoms in total. The Kier molecular flexibility index (Phi) is 11.6. The first-order valence-electron chi connectivity index (χ1n) is 9.76. The van der Waals surface area contributed by atoms with Crippen molar-refractivity contribution in [2.75, 3.05) is 0 Å². The molecular formula is C21H33NO4. The van der Waals surface area contributed by atoms with Crippen LogP contribution in [0.1, 0.15) is 88.6 Å². The molecule has 0 radical (unpaired) electrons. The second-order valence-electron chi connectivity index (χ2n) is 6.77. The van der Waals surface area contributed by atoms with Crippen molar-refractivity contribution in [3.05, 3.63) is 35.7 Å². The minimum absolute atomic E-state index is 0.0429. The van der Waals surface area contributed by atoms with Crippen LogP contribution in [0, 0.1) is 0 Å². The fourth-order valence-corrected chi connectivity index (χ4v) is 2.78. The highest BCUT2D eigenvalue weighted by Crippen LogP contribution is 2.18. The third kappa shape index (κ3) is 10.3. The van der Waals surface area contributed by atoms with Gasteiger partial charge in [0.1, 0.15) is 0 Å². The van der Waals surface area contributed by atoms with E-state index in [-0.39, 0.29) is 6.42 Å². The summed E-state index contributed by atoms with van der Waals surface area (Å²) in [5.41, 5.74) is 1.21. The number of hydrogen-bond acceptors (Lipinski definition) is 4. The van der Waals surface area contributed by atoms with E-state index in [1.807, 2.05) is 12.1 Å². The topological polar surface area (TPSA) is 90.7 Å². The molecule has 1 heterocycles. The standard InChI is InChI=1S/C21H33NO4/c1-2-3-4-5-6-7-11-18(23)16-15-17-10-8-12-19(22-17)20(24)13-9-14-21(25)26/h8,10,12,15-16,18,20,23-24H,2-7,9,11,13-14H2,1H3,(H,25,26)/b16-15+/t18?,20-/m0/s1. The van der Waals surface area contributed by atoms with Gasteiger partial charge in [0.05, 0.1) is 23.6 Å². The van der Waals surface area contributed by atoms with Crippen molar-refractivity contribution in [2.24, 2.45) is 0 Å². The Morgan fingerprint density at radius 1 is 1.08 bits per heavy atom. The van der Waals surface area contributed by atoms with Crippen molar-refractivity contribution in [2.45, 2.75) is 83.3 Å². The summed E-state index contributed by atoms with van der Waals surface area (Å²) in [6, 6.07) is 5.36. The molecule has 0 aliphatic heterocycles. The lowest BCUT2D eigenvalue weighted by molar-refractivity contribution is -0.137. The zero-order valence-corrected chi connectivity index (χ0v) is 15.8. The average Bonchev–Trinajstić information content (AvgIpc) is 2.62. The highest BCUT2D eigenvalue weighted by molar-refractivity contribution is 5.66. The number of pyridine rings is 1. The fraction of sp³-hybridized carbons (Fsp3) is 0.619. The van der Waals surface area contributed by atoms with Gasteiger partial charge in [0, 0.05) is 6.42 Å². The van der Waals surface area contributed by atoms with Gasteiger partial charge in [0.2, 0.25) is 0 Å². The Hall–Kier alpha value is -1.72. The van der Waals surface area contributed by atoms with E-state index >= 15 is 0 Å². The van der Waals surface area contributed by atoms with Crippen LogP contribution in [0.25, 0.3) is 6.08 Å². The van der Waals surface area contributed by atoms with E-state index in [0.717, 1.165) is 19.3 Å². The molecule has 1 aromatic rings. The first-order chi connectivity index (χ1) is 12.5. The number of unbranched alkanes of at least 4 members (excludes halogenated alkanes) is 5. The summed E-state index contributed by atoms with van der Waals surface area (Å²) >= 11 is 0.